The number of thiophene rings is 1. The van der Waals surface area contributed by atoms with E-state index in [1.165, 1.54) is 32.5 Å². The third-order valence-corrected chi connectivity index (χ3v) is 6.32. The standard InChI is InChI=1S/C20H24N4S/c1-4-16-17(15-6-5-13(2)14(3)11-15)18-19(22-12-23-20(18)25-16)24-9-7-21-8-10-24/h5-6,11-12,21H,4,7-10H2,1-3H3. The summed E-state index contributed by atoms with van der Waals surface area (Å²) in [6.45, 7) is 10.6. The molecule has 1 aliphatic heterocycles. The highest BCUT2D eigenvalue weighted by Crippen LogP contribution is 2.42. The number of aryl methyl sites for hydroxylation is 3. The Morgan fingerprint density at radius 3 is 2.64 bits per heavy atom. The minimum Gasteiger partial charge on any atom is -0.353 e. The zero-order valence-electron chi connectivity index (χ0n) is 15.1. The first-order chi connectivity index (χ1) is 12.2. The van der Waals surface area contributed by atoms with E-state index in [9.17, 15) is 0 Å². The Balaban J connectivity index is 1.96. The summed E-state index contributed by atoms with van der Waals surface area (Å²) in [7, 11) is 0. The molecule has 3 heterocycles. The maximum atomic E-state index is 4.70. The van der Waals surface area contributed by atoms with Gasteiger partial charge in [0.2, 0.25) is 0 Å². The molecule has 4 rings (SSSR count). The average Bonchev–Trinajstić information content (AvgIpc) is 3.03. The molecule has 1 saturated heterocycles. The van der Waals surface area contributed by atoms with Gasteiger partial charge in [-0.25, -0.2) is 9.97 Å². The Morgan fingerprint density at radius 2 is 1.92 bits per heavy atom. The van der Waals surface area contributed by atoms with Crippen molar-refractivity contribution in [3.05, 3.63) is 40.5 Å². The van der Waals surface area contributed by atoms with Crippen molar-refractivity contribution >= 4 is 27.4 Å². The third kappa shape index (κ3) is 2.92. The summed E-state index contributed by atoms with van der Waals surface area (Å²) in [5, 5.41) is 4.66. The van der Waals surface area contributed by atoms with E-state index in [4.69, 9.17) is 4.98 Å². The van der Waals surface area contributed by atoms with Gasteiger partial charge in [-0.3, -0.25) is 0 Å². The van der Waals surface area contributed by atoms with E-state index in [1.807, 2.05) is 11.3 Å². The summed E-state index contributed by atoms with van der Waals surface area (Å²) in [5.41, 5.74) is 5.29. The third-order valence-electron chi connectivity index (χ3n) is 5.07. The molecule has 0 saturated carbocycles. The smallest absolute Gasteiger partial charge is 0.141 e. The van der Waals surface area contributed by atoms with Gasteiger partial charge in [0.25, 0.3) is 0 Å². The van der Waals surface area contributed by atoms with E-state index >= 15 is 0 Å². The van der Waals surface area contributed by atoms with Crippen LogP contribution in [-0.4, -0.2) is 36.1 Å². The monoisotopic (exact) mass is 352 g/mol. The molecule has 2 aromatic heterocycles. The fraction of sp³-hybridized carbons (Fsp3) is 0.400. The number of hydrogen-bond donors (Lipinski definition) is 1. The van der Waals surface area contributed by atoms with Crippen LogP contribution in [0.25, 0.3) is 21.3 Å². The number of fused-ring (bicyclic) bond motifs is 1. The molecule has 0 bridgehead atoms. The van der Waals surface area contributed by atoms with Crippen molar-refractivity contribution in [1.82, 2.24) is 15.3 Å². The zero-order valence-corrected chi connectivity index (χ0v) is 15.9. The molecule has 25 heavy (non-hydrogen) atoms. The Hall–Kier alpha value is -1.98. The molecule has 3 aromatic rings. The van der Waals surface area contributed by atoms with Gasteiger partial charge in [-0.05, 0) is 37.0 Å². The lowest BCUT2D eigenvalue weighted by atomic mass is 9.98. The van der Waals surface area contributed by atoms with Crippen molar-refractivity contribution in [3.8, 4) is 11.1 Å². The van der Waals surface area contributed by atoms with Gasteiger partial charge in [-0.15, -0.1) is 11.3 Å². The summed E-state index contributed by atoms with van der Waals surface area (Å²) < 4.78 is 0. The molecule has 0 unspecified atom stereocenters. The number of rotatable bonds is 3. The molecule has 130 valence electrons. The highest BCUT2D eigenvalue weighted by molar-refractivity contribution is 7.19. The molecule has 5 heteroatoms. The highest BCUT2D eigenvalue weighted by Gasteiger charge is 2.22. The molecular weight excluding hydrogens is 328 g/mol. The Labute approximate surface area is 152 Å². The molecule has 0 amide bonds. The van der Waals surface area contributed by atoms with Gasteiger partial charge in [0.1, 0.15) is 17.0 Å². The van der Waals surface area contributed by atoms with Crippen LogP contribution in [0.1, 0.15) is 22.9 Å². The van der Waals surface area contributed by atoms with Gasteiger partial charge < -0.3 is 10.2 Å². The Kier molecular flexibility index (Phi) is 4.44. The largest absolute Gasteiger partial charge is 0.353 e. The van der Waals surface area contributed by atoms with Gasteiger partial charge in [-0.2, -0.15) is 0 Å². The van der Waals surface area contributed by atoms with E-state index in [2.05, 4.69) is 54.2 Å². The van der Waals surface area contributed by atoms with Crippen LogP contribution in [0, 0.1) is 13.8 Å². The zero-order chi connectivity index (χ0) is 17.4. The van der Waals surface area contributed by atoms with E-state index in [0.29, 0.717) is 0 Å². The Morgan fingerprint density at radius 1 is 1.12 bits per heavy atom. The maximum absolute atomic E-state index is 4.70. The predicted octanol–water partition coefficient (Wildman–Crippen LogP) is 3.95. The number of nitrogens with zero attached hydrogens (tertiary/aromatic N) is 3. The second-order valence-electron chi connectivity index (χ2n) is 6.67. The molecule has 1 aliphatic rings. The van der Waals surface area contributed by atoms with Crippen LogP contribution in [-0.2, 0) is 6.42 Å². The second-order valence-corrected chi connectivity index (χ2v) is 7.75. The summed E-state index contributed by atoms with van der Waals surface area (Å²) in [4.78, 5) is 14.2. The summed E-state index contributed by atoms with van der Waals surface area (Å²) in [6, 6.07) is 6.78. The van der Waals surface area contributed by atoms with Crippen LogP contribution in [0.5, 0.6) is 0 Å². The van der Waals surface area contributed by atoms with Crippen LogP contribution < -0.4 is 10.2 Å². The van der Waals surface area contributed by atoms with Crippen molar-refractivity contribution in [2.45, 2.75) is 27.2 Å². The van der Waals surface area contributed by atoms with Crippen LogP contribution in [0.3, 0.4) is 0 Å². The van der Waals surface area contributed by atoms with Gasteiger partial charge in [0.05, 0.1) is 5.39 Å². The van der Waals surface area contributed by atoms with Gasteiger partial charge in [0.15, 0.2) is 0 Å². The van der Waals surface area contributed by atoms with E-state index in [1.54, 1.807) is 6.33 Å². The topological polar surface area (TPSA) is 41.1 Å². The van der Waals surface area contributed by atoms with Crippen LogP contribution >= 0.6 is 11.3 Å². The first-order valence-corrected chi connectivity index (χ1v) is 9.80. The predicted molar refractivity (Wildman–Crippen MR) is 107 cm³/mol. The van der Waals surface area contributed by atoms with E-state index < -0.39 is 0 Å². The fourth-order valence-electron chi connectivity index (χ4n) is 3.53. The number of piperazine rings is 1. The maximum Gasteiger partial charge on any atom is 0.141 e. The summed E-state index contributed by atoms with van der Waals surface area (Å²) in [6.07, 6.45) is 2.74. The summed E-state index contributed by atoms with van der Waals surface area (Å²) in [5.74, 6) is 1.09. The highest BCUT2D eigenvalue weighted by atomic mass is 32.1. The second kappa shape index (κ2) is 6.73. The molecule has 0 spiro atoms. The molecular formula is C20H24N4S. The number of anilines is 1. The minimum absolute atomic E-state index is 0.996. The lowest BCUT2D eigenvalue weighted by Gasteiger charge is -2.29. The quantitative estimate of drug-likeness (QED) is 0.775. The van der Waals surface area contributed by atoms with Crippen LogP contribution in [0.2, 0.25) is 0 Å². The number of hydrogen-bond acceptors (Lipinski definition) is 5. The molecule has 1 fully saturated rings. The van der Waals surface area contributed by atoms with E-state index in [0.717, 1.165) is 43.2 Å². The van der Waals surface area contributed by atoms with Crippen LogP contribution in [0.4, 0.5) is 5.82 Å². The molecule has 0 atom stereocenters. The van der Waals surface area contributed by atoms with E-state index in [-0.39, 0.29) is 0 Å². The van der Waals surface area contributed by atoms with Crippen molar-refractivity contribution in [3.63, 3.8) is 0 Å². The van der Waals surface area contributed by atoms with Crippen molar-refractivity contribution in [2.24, 2.45) is 0 Å². The molecule has 0 radical (unpaired) electrons. The molecule has 0 aliphatic carbocycles. The van der Waals surface area contributed by atoms with Crippen molar-refractivity contribution in [1.29, 1.82) is 0 Å². The lowest BCUT2D eigenvalue weighted by Crippen LogP contribution is -2.44. The lowest BCUT2D eigenvalue weighted by molar-refractivity contribution is 0.586. The first kappa shape index (κ1) is 16.5. The molecule has 1 N–H and O–H groups in total. The van der Waals surface area contributed by atoms with Crippen molar-refractivity contribution < 1.29 is 0 Å². The van der Waals surface area contributed by atoms with Crippen LogP contribution in [0.15, 0.2) is 24.5 Å². The fourth-order valence-corrected chi connectivity index (χ4v) is 4.63. The number of aromatic nitrogens is 2. The average molecular weight is 353 g/mol. The molecule has 4 nitrogen and oxygen atoms in total. The van der Waals surface area contributed by atoms with Crippen molar-refractivity contribution in [2.75, 3.05) is 31.1 Å². The Bertz CT molecular complexity index is 909. The van der Waals surface area contributed by atoms with Gasteiger partial charge in [-0.1, -0.05) is 25.1 Å². The molecule has 1 aromatic carbocycles. The normalized spacial score (nSPS) is 15.1. The minimum atomic E-state index is 0.996. The number of benzene rings is 1. The van der Waals surface area contributed by atoms with Gasteiger partial charge in [0, 0.05) is 36.6 Å². The number of nitrogens with one attached hydrogen (secondary N) is 1. The van der Waals surface area contributed by atoms with Gasteiger partial charge >= 0.3 is 0 Å². The SMILES string of the molecule is CCc1sc2ncnc(N3CCNCC3)c2c1-c1ccc(C)c(C)c1. The summed E-state index contributed by atoms with van der Waals surface area (Å²) >= 11 is 1.81. The first-order valence-electron chi connectivity index (χ1n) is 8.98.